The van der Waals surface area contributed by atoms with Crippen LogP contribution in [0.5, 0.6) is 5.75 Å². The summed E-state index contributed by atoms with van der Waals surface area (Å²) in [6, 6.07) is 3.60. The Morgan fingerprint density at radius 1 is 0.913 bits per heavy atom. The highest BCUT2D eigenvalue weighted by Crippen LogP contribution is 2.15. The van der Waals surface area contributed by atoms with Gasteiger partial charge in [0.05, 0.1) is 6.61 Å². The number of hydrogen-bond acceptors (Lipinski definition) is 3. The summed E-state index contributed by atoms with van der Waals surface area (Å²) in [6.07, 6.45) is 18.4. The van der Waals surface area contributed by atoms with Gasteiger partial charge in [0.1, 0.15) is 11.4 Å². The molecule has 1 aromatic heterocycles. The van der Waals surface area contributed by atoms with Gasteiger partial charge in [0.15, 0.2) is 6.29 Å². The molecule has 0 fully saturated rings. The Kier molecular flexibility index (Phi) is 12.2. The topological polar surface area (TPSA) is 39.2 Å². The smallest absolute Gasteiger partial charge is 0.172 e. The number of ether oxygens (including phenoxy) is 1. The van der Waals surface area contributed by atoms with Gasteiger partial charge in [-0.1, -0.05) is 77.6 Å². The Morgan fingerprint density at radius 2 is 1.48 bits per heavy atom. The third-order valence-corrected chi connectivity index (χ3v) is 4.17. The van der Waals surface area contributed by atoms with Crippen LogP contribution in [0.2, 0.25) is 0 Å². The minimum absolute atomic E-state index is 0.395. The first-order chi connectivity index (χ1) is 11.4. The highest BCUT2D eigenvalue weighted by atomic mass is 16.5. The number of aromatic nitrogens is 1. The van der Waals surface area contributed by atoms with E-state index in [0.29, 0.717) is 18.1 Å². The number of aldehydes is 1. The Morgan fingerprint density at radius 3 is 2.04 bits per heavy atom. The zero-order valence-electron chi connectivity index (χ0n) is 14.8. The van der Waals surface area contributed by atoms with Crippen LogP contribution in [-0.4, -0.2) is 17.9 Å². The van der Waals surface area contributed by atoms with Crippen molar-refractivity contribution >= 4 is 6.29 Å². The molecule has 23 heavy (non-hydrogen) atoms. The van der Waals surface area contributed by atoms with Crippen molar-refractivity contribution in [3.8, 4) is 5.75 Å². The van der Waals surface area contributed by atoms with Crippen molar-refractivity contribution in [3.05, 3.63) is 24.0 Å². The van der Waals surface area contributed by atoms with Crippen molar-refractivity contribution in [2.75, 3.05) is 6.61 Å². The van der Waals surface area contributed by atoms with Crippen LogP contribution in [0.4, 0.5) is 0 Å². The van der Waals surface area contributed by atoms with Gasteiger partial charge in [-0.15, -0.1) is 0 Å². The van der Waals surface area contributed by atoms with Crippen LogP contribution in [0.25, 0.3) is 0 Å². The lowest BCUT2D eigenvalue weighted by Gasteiger charge is -2.07. The number of pyridine rings is 1. The molecule has 0 bridgehead atoms. The fraction of sp³-hybridized carbons (Fsp3) is 0.700. The Hall–Kier alpha value is -1.38. The molecule has 1 aromatic rings. The molecule has 0 saturated carbocycles. The molecule has 0 N–H and O–H groups in total. The normalized spacial score (nSPS) is 10.7. The highest BCUT2D eigenvalue weighted by molar-refractivity contribution is 5.75. The average Bonchev–Trinajstić information content (AvgIpc) is 2.59. The standard InChI is InChI=1S/C20H33NO2/c1-2-3-4-5-6-7-8-9-10-11-12-13-17-23-20-15-14-16-21-19(20)18-22/h14-16,18H,2-13,17H2,1H3. The van der Waals surface area contributed by atoms with E-state index in [1.807, 2.05) is 0 Å². The van der Waals surface area contributed by atoms with E-state index in [1.54, 1.807) is 18.3 Å². The number of carbonyl (C=O) groups is 1. The van der Waals surface area contributed by atoms with Gasteiger partial charge < -0.3 is 4.74 Å². The molecular weight excluding hydrogens is 286 g/mol. The van der Waals surface area contributed by atoms with Gasteiger partial charge in [-0.25, -0.2) is 4.98 Å². The minimum Gasteiger partial charge on any atom is -0.491 e. The SMILES string of the molecule is CCCCCCCCCCCCCCOc1cccnc1C=O. The third kappa shape index (κ3) is 10.1. The van der Waals surface area contributed by atoms with Gasteiger partial charge in [-0.05, 0) is 18.6 Å². The molecule has 0 aliphatic rings. The summed E-state index contributed by atoms with van der Waals surface area (Å²) >= 11 is 0. The summed E-state index contributed by atoms with van der Waals surface area (Å²) in [4.78, 5) is 14.8. The Balaban J connectivity index is 1.87. The number of nitrogens with zero attached hydrogens (tertiary/aromatic N) is 1. The van der Waals surface area contributed by atoms with Crippen molar-refractivity contribution in [1.82, 2.24) is 4.98 Å². The van der Waals surface area contributed by atoms with Crippen LogP contribution < -0.4 is 4.74 Å². The molecular formula is C20H33NO2. The molecule has 0 saturated heterocycles. The van der Waals surface area contributed by atoms with E-state index in [0.717, 1.165) is 12.7 Å². The summed E-state index contributed by atoms with van der Waals surface area (Å²) in [6.45, 7) is 2.94. The van der Waals surface area contributed by atoms with Crippen molar-refractivity contribution < 1.29 is 9.53 Å². The maximum atomic E-state index is 10.8. The van der Waals surface area contributed by atoms with Gasteiger partial charge in [0.25, 0.3) is 0 Å². The summed E-state index contributed by atoms with van der Waals surface area (Å²) in [5.41, 5.74) is 0.395. The van der Waals surface area contributed by atoms with Crippen LogP contribution in [0, 0.1) is 0 Å². The van der Waals surface area contributed by atoms with E-state index < -0.39 is 0 Å². The first kappa shape index (κ1) is 19.7. The monoisotopic (exact) mass is 319 g/mol. The molecule has 1 rings (SSSR count). The van der Waals surface area contributed by atoms with Crippen LogP contribution in [-0.2, 0) is 0 Å². The number of rotatable bonds is 15. The molecule has 0 aliphatic carbocycles. The molecule has 0 unspecified atom stereocenters. The van der Waals surface area contributed by atoms with Crippen LogP contribution in [0.15, 0.2) is 18.3 Å². The Labute approximate surface area is 141 Å². The summed E-state index contributed by atoms with van der Waals surface area (Å²) in [5, 5.41) is 0. The first-order valence-electron chi connectivity index (χ1n) is 9.41. The molecule has 0 aromatic carbocycles. The predicted molar refractivity (Wildman–Crippen MR) is 96.2 cm³/mol. The fourth-order valence-electron chi connectivity index (χ4n) is 2.74. The quantitative estimate of drug-likeness (QED) is 0.295. The molecule has 0 atom stereocenters. The fourth-order valence-corrected chi connectivity index (χ4v) is 2.74. The van der Waals surface area contributed by atoms with E-state index in [4.69, 9.17) is 4.74 Å². The van der Waals surface area contributed by atoms with Gasteiger partial charge in [0, 0.05) is 6.20 Å². The van der Waals surface area contributed by atoms with Crippen molar-refractivity contribution in [2.24, 2.45) is 0 Å². The van der Waals surface area contributed by atoms with Crippen LogP contribution in [0.1, 0.15) is 94.5 Å². The largest absolute Gasteiger partial charge is 0.491 e. The van der Waals surface area contributed by atoms with Gasteiger partial charge >= 0.3 is 0 Å². The maximum absolute atomic E-state index is 10.8. The second kappa shape index (κ2) is 14.2. The third-order valence-electron chi connectivity index (χ3n) is 4.17. The number of hydrogen-bond donors (Lipinski definition) is 0. The molecule has 130 valence electrons. The number of unbranched alkanes of at least 4 members (excludes halogenated alkanes) is 11. The molecule has 1 heterocycles. The summed E-state index contributed by atoms with van der Waals surface area (Å²) in [5.74, 6) is 0.602. The van der Waals surface area contributed by atoms with Crippen molar-refractivity contribution in [1.29, 1.82) is 0 Å². The zero-order valence-corrected chi connectivity index (χ0v) is 14.8. The second-order valence-corrected chi connectivity index (χ2v) is 6.24. The highest BCUT2D eigenvalue weighted by Gasteiger charge is 2.02. The molecule has 0 radical (unpaired) electrons. The lowest BCUT2D eigenvalue weighted by atomic mass is 10.1. The molecule has 0 amide bonds. The van der Waals surface area contributed by atoms with E-state index in [2.05, 4.69) is 11.9 Å². The van der Waals surface area contributed by atoms with Crippen LogP contribution in [0.3, 0.4) is 0 Å². The lowest BCUT2D eigenvalue weighted by Crippen LogP contribution is -2.01. The van der Waals surface area contributed by atoms with E-state index in [-0.39, 0.29) is 0 Å². The van der Waals surface area contributed by atoms with Crippen molar-refractivity contribution in [3.63, 3.8) is 0 Å². The molecule has 0 spiro atoms. The van der Waals surface area contributed by atoms with Crippen LogP contribution >= 0.6 is 0 Å². The summed E-state index contributed by atoms with van der Waals surface area (Å²) in [7, 11) is 0. The zero-order chi connectivity index (χ0) is 16.6. The molecule has 0 aliphatic heterocycles. The van der Waals surface area contributed by atoms with Gasteiger partial charge in [-0.3, -0.25) is 4.79 Å². The predicted octanol–water partition coefficient (Wildman–Crippen LogP) is 5.97. The average molecular weight is 319 g/mol. The Bertz CT molecular complexity index is 406. The maximum Gasteiger partial charge on any atom is 0.172 e. The second-order valence-electron chi connectivity index (χ2n) is 6.24. The molecule has 3 heteroatoms. The first-order valence-corrected chi connectivity index (χ1v) is 9.41. The minimum atomic E-state index is 0.395. The lowest BCUT2D eigenvalue weighted by molar-refractivity contribution is 0.111. The van der Waals surface area contributed by atoms with Gasteiger partial charge in [-0.2, -0.15) is 0 Å². The summed E-state index contributed by atoms with van der Waals surface area (Å²) < 4.78 is 5.63. The van der Waals surface area contributed by atoms with Crippen molar-refractivity contribution in [2.45, 2.75) is 84.0 Å². The molecule has 3 nitrogen and oxygen atoms in total. The van der Waals surface area contributed by atoms with E-state index in [9.17, 15) is 4.79 Å². The van der Waals surface area contributed by atoms with E-state index in [1.165, 1.54) is 70.6 Å². The van der Waals surface area contributed by atoms with E-state index >= 15 is 0 Å². The number of carbonyl (C=O) groups excluding carboxylic acids is 1. The van der Waals surface area contributed by atoms with Gasteiger partial charge in [0.2, 0.25) is 0 Å².